The third kappa shape index (κ3) is 2.68. The summed E-state index contributed by atoms with van der Waals surface area (Å²) in [6, 6.07) is 0. The van der Waals surface area contributed by atoms with Crippen molar-refractivity contribution in [1.29, 1.82) is 0 Å². The highest BCUT2D eigenvalue weighted by atomic mass is 16.6. The molecule has 5 nitrogen and oxygen atoms in total. The van der Waals surface area contributed by atoms with Gasteiger partial charge in [-0.1, -0.05) is 25.7 Å². The van der Waals surface area contributed by atoms with Crippen molar-refractivity contribution < 1.29 is 24.5 Å². The lowest BCUT2D eigenvalue weighted by Crippen LogP contribution is -2.38. The van der Waals surface area contributed by atoms with Crippen LogP contribution in [0.1, 0.15) is 38.5 Å². The van der Waals surface area contributed by atoms with Crippen LogP contribution in [0.25, 0.3) is 0 Å². The minimum Gasteiger partial charge on any atom is -0.469 e. The van der Waals surface area contributed by atoms with Crippen LogP contribution < -0.4 is 0 Å². The Bertz CT molecular complexity index is 293. The molecule has 0 spiro atoms. The van der Waals surface area contributed by atoms with E-state index in [0.717, 1.165) is 32.1 Å². The number of fused-ring (bicyclic) bond motifs is 2. The smallest absolute Gasteiger partial charge is 0.311 e. The molecule has 1 heterocycles. The number of hydrogen-bond acceptors (Lipinski definition) is 5. The molecular formula is C13H22O5. The second kappa shape index (κ2) is 5.99. The lowest BCUT2D eigenvalue weighted by atomic mass is 9.82. The molecule has 0 aromatic carbocycles. The molecule has 2 bridgehead atoms. The molecule has 5 heteroatoms. The lowest BCUT2D eigenvalue weighted by molar-refractivity contribution is -0.153. The fraction of sp³-hybridized carbons (Fsp3) is 0.923. The Morgan fingerprint density at radius 3 is 2.50 bits per heavy atom. The largest absolute Gasteiger partial charge is 0.469 e. The Hall–Kier alpha value is -0.650. The quantitative estimate of drug-likeness (QED) is 0.681. The highest BCUT2D eigenvalue weighted by molar-refractivity contribution is 5.74. The molecule has 2 rings (SSSR count). The second-order valence-electron chi connectivity index (χ2n) is 5.26. The van der Waals surface area contributed by atoms with Gasteiger partial charge in [-0.2, -0.15) is 0 Å². The summed E-state index contributed by atoms with van der Waals surface area (Å²) < 4.78 is 10.2. The summed E-state index contributed by atoms with van der Waals surface area (Å²) in [5.74, 6) is -1.19. The van der Waals surface area contributed by atoms with E-state index in [1.165, 1.54) is 7.11 Å². The Morgan fingerprint density at radius 1 is 1.17 bits per heavy atom. The van der Waals surface area contributed by atoms with E-state index in [9.17, 15) is 15.0 Å². The number of methoxy groups -OCH3 is 1. The molecule has 104 valence electrons. The molecule has 2 N–H and O–H groups in total. The molecule has 0 aromatic heterocycles. The van der Waals surface area contributed by atoms with Crippen LogP contribution in [-0.4, -0.2) is 41.8 Å². The first-order chi connectivity index (χ1) is 8.65. The number of ether oxygens (including phenoxy) is 2. The average molecular weight is 258 g/mol. The topological polar surface area (TPSA) is 76.0 Å². The maximum atomic E-state index is 11.9. The molecule has 1 saturated heterocycles. The van der Waals surface area contributed by atoms with Crippen molar-refractivity contribution in [2.75, 3.05) is 7.11 Å². The molecule has 2 fully saturated rings. The molecule has 0 aromatic rings. The van der Waals surface area contributed by atoms with Crippen molar-refractivity contribution in [1.82, 2.24) is 0 Å². The van der Waals surface area contributed by atoms with Crippen LogP contribution in [0.2, 0.25) is 0 Å². The van der Waals surface area contributed by atoms with Gasteiger partial charge in [0, 0.05) is 5.92 Å². The van der Waals surface area contributed by atoms with Gasteiger partial charge in [0.25, 0.3) is 0 Å². The normalized spacial score (nSPS) is 41.4. The van der Waals surface area contributed by atoms with E-state index in [0.29, 0.717) is 6.42 Å². The Morgan fingerprint density at radius 2 is 1.83 bits per heavy atom. The summed E-state index contributed by atoms with van der Waals surface area (Å²) in [6.07, 6.45) is 3.09. The first-order valence-corrected chi connectivity index (χ1v) is 6.74. The summed E-state index contributed by atoms with van der Waals surface area (Å²) in [7, 11) is 1.33. The number of esters is 1. The van der Waals surface area contributed by atoms with Crippen molar-refractivity contribution in [3.05, 3.63) is 0 Å². The minimum atomic E-state index is -0.966. The van der Waals surface area contributed by atoms with Gasteiger partial charge in [-0.3, -0.25) is 4.79 Å². The van der Waals surface area contributed by atoms with Crippen LogP contribution in [0, 0.1) is 11.8 Å². The van der Waals surface area contributed by atoms with Crippen molar-refractivity contribution in [2.24, 2.45) is 11.8 Å². The summed E-state index contributed by atoms with van der Waals surface area (Å²) in [4.78, 5) is 11.9. The number of rotatable bonds is 1. The lowest BCUT2D eigenvalue weighted by Gasteiger charge is -2.25. The third-order valence-corrected chi connectivity index (χ3v) is 4.12. The van der Waals surface area contributed by atoms with E-state index < -0.39 is 24.4 Å². The molecule has 2 aliphatic rings. The van der Waals surface area contributed by atoms with Gasteiger partial charge < -0.3 is 19.7 Å². The minimum absolute atomic E-state index is 0.254. The molecule has 1 aliphatic heterocycles. The van der Waals surface area contributed by atoms with Crippen molar-refractivity contribution in [3.63, 3.8) is 0 Å². The summed E-state index contributed by atoms with van der Waals surface area (Å²) >= 11 is 0. The number of carbonyl (C=O) groups excluding carboxylic acids is 1. The zero-order valence-electron chi connectivity index (χ0n) is 10.7. The van der Waals surface area contributed by atoms with Crippen LogP contribution >= 0.6 is 0 Å². The molecule has 0 unspecified atom stereocenters. The van der Waals surface area contributed by atoms with Gasteiger partial charge in [0.15, 0.2) is 6.29 Å². The summed E-state index contributed by atoms with van der Waals surface area (Å²) in [5.41, 5.74) is 0. The fourth-order valence-corrected chi connectivity index (χ4v) is 3.12. The Kier molecular flexibility index (Phi) is 4.59. The standard InChI is InChI=1S/C13H22O5/c1-17-13(16)10-8-6-4-2-3-5-7-9(14)11(10)18-12(8)15/h8-12,14-15H,2-7H2,1H3/t8-,9-,10-,11+,12-/m1/s1. The van der Waals surface area contributed by atoms with E-state index in [1.807, 2.05) is 0 Å². The fourth-order valence-electron chi connectivity index (χ4n) is 3.12. The SMILES string of the molecule is COC(=O)[C@@H]1[C@H]2CCCCCC[C@@H](O)[C@@H]1O[C@H]2O. The first-order valence-electron chi connectivity index (χ1n) is 6.74. The zero-order valence-corrected chi connectivity index (χ0v) is 10.7. The first kappa shape index (κ1) is 13.8. The van der Waals surface area contributed by atoms with Gasteiger partial charge in [-0.25, -0.2) is 0 Å². The summed E-state index contributed by atoms with van der Waals surface area (Å²) in [5, 5.41) is 20.0. The van der Waals surface area contributed by atoms with Crippen LogP contribution in [0.3, 0.4) is 0 Å². The third-order valence-electron chi connectivity index (χ3n) is 4.12. The highest BCUT2D eigenvalue weighted by Crippen LogP contribution is 2.39. The number of aliphatic hydroxyl groups excluding tert-OH is 2. The van der Waals surface area contributed by atoms with Gasteiger partial charge >= 0.3 is 5.97 Å². The number of carbonyl (C=O) groups is 1. The predicted molar refractivity (Wildman–Crippen MR) is 63.6 cm³/mol. The van der Waals surface area contributed by atoms with Gasteiger partial charge in [0.2, 0.25) is 0 Å². The van der Waals surface area contributed by atoms with Crippen LogP contribution in [0.5, 0.6) is 0 Å². The van der Waals surface area contributed by atoms with Crippen molar-refractivity contribution >= 4 is 5.97 Å². The van der Waals surface area contributed by atoms with E-state index in [2.05, 4.69) is 0 Å². The number of hydrogen-bond donors (Lipinski definition) is 2. The molecular weight excluding hydrogens is 236 g/mol. The number of aliphatic hydroxyl groups is 2. The van der Waals surface area contributed by atoms with Crippen LogP contribution in [0.15, 0.2) is 0 Å². The maximum absolute atomic E-state index is 11.9. The van der Waals surface area contributed by atoms with E-state index in [1.54, 1.807) is 0 Å². The van der Waals surface area contributed by atoms with Crippen LogP contribution in [0.4, 0.5) is 0 Å². The molecule has 1 aliphatic carbocycles. The molecule has 5 atom stereocenters. The van der Waals surface area contributed by atoms with Gasteiger partial charge in [-0.05, 0) is 12.8 Å². The van der Waals surface area contributed by atoms with Crippen molar-refractivity contribution in [2.45, 2.75) is 57.0 Å². The van der Waals surface area contributed by atoms with E-state index in [-0.39, 0.29) is 11.9 Å². The monoisotopic (exact) mass is 258 g/mol. The average Bonchev–Trinajstić information content (AvgIpc) is 2.68. The maximum Gasteiger partial charge on any atom is 0.311 e. The molecule has 0 amide bonds. The Balaban J connectivity index is 2.20. The van der Waals surface area contributed by atoms with Gasteiger partial charge in [0.1, 0.15) is 6.10 Å². The van der Waals surface area contributed by atoms with Gasteiger partial charge in [0.05, 0.1) is 19.1 Å². The summed E-state index contributed by atoms with van der Waals surface area (Å²) in [6.45, 7) is 0. The second-order valence-corrected chi connectivity index (χ2v) is 5.26. The van der Waals surface area contributed by atoms with E-state index in [4.69, 9.17) is 9.47 Å². The highest BCUT2D eigenvalue weighted by Gasteiger charge is 2.50. The molecule has 1 saturated carbocycles. The van der Waals surface area contributed by atoms with Crippen molar-refractivity contribution in [3.8, 4) is 0 Å². The van der Waals surface area contributed by atoms with E-state index >= 15 is 0 Å². The molecule has 0 radical (unpaired) electrons. The molecule has 18 heavy (non-hydrogen) atoms. The predicted octanol–water partition coefficient (Wildman–Crippen LogP) is 0.824. The van der Waals surface area contributed by atoms with Gasteiger partial charge in [-0.15, -0.1) is 0 Å². The van der Waals surface area contributed by atoms with Crippen LogP contribution in [-0.2, 0) is 14.3 Å². The Labute approximate surface area is 107 Å². The zero-order chi connectivity index (χ0) is 13.1.